The lowest BCUT2D eigenvalue weighted by Crippen LogP contribution is -2.40. The van der Waals surface area contributed by atoms with Crippen molar-refractivity contribution in [3.8, 4) is 0 Å². The molecule has 2 amide bonds. The fourth-order valence-corrected chi connectivity index (χ4v) is 3.07. The van der Waals surface area contributed by atoms with E-state index in [-0.39, 0.29) is 6.61 Å². The van der Waals surface area contributed by atoms with Crippen molar-refractivity contribution in [1.29, 1.82) is 0 Å². The summed E-state index contributed by atoms with van der Waals surface area (Å²) in [5.74, 6) is -0.832. The van der Waals surface area contributed by atoms with E-state index in [1.165, 1.54) is 0 Å². The third-order valence-electron chi connectivity index (χ3n) is 4.15. The van der Waals surface area contributed by atoms with Gasteiger partial charge in [-0.25, -0.2) is 0 Å². The Hall–Kier alpha value is -2.98. The molecule has 0 radical (unpaired) electrons. The molecule has 4 heteroatoms. The van der Waals surface area contributed by atoms with Crippen LogP contribution in [0.5, 0.6) is 0 Å². The summed E-state index contributed by atoms with van der Waals surface area (Å²) in [6.45, 7) is 2.09. The zero-order valence-corrected chi connectivity index (χ0v) is 13.2. The third-order valence-corrected chi connectivity index (χ3v) is 4.15. The Balaban J connectivity index is 1.74. The van der Waals surface area contributed by atoms with Crippen molar-refractivity contribution in [1.82, 2.24) is 5.06 Å². The lowest BCUT2D eigenvalue weighted by atomic mass is 9.93. The second-order valence-corrected chi connectivity index (χ2v) is 5.88. The van der Waals surface area contributed by atoms with Gasteiger partial charge in [0, 0.05) is 5.39 Å². The summed E-state index contributed by atoms with van der Waals surface area (Å²) in [6.07, 6.45) is 0. The van der Waals surface area contributed by atoms with E-state index in [0.717, 1.165) is 21.6 Å². The number of nitrogens with zero attached hydrogens (tertiary/aromatic N) is 1. The number of hydroxylamine groups is 2. The van der Waals surface area contributed by atoms with Crippen LogP contribution in [0.4, 0.5) is 0 Å². The molecule has 0 saturated heterocycles. The van der Waals surface area contributed by atoms with Gasteiger partial charge in [-0.05, 0) is 35.6 Å². The first-order valence-electron chi connectivity index (χ1n) is 7.74. The van der Waals surface area contributed by atoms with Crippen LogP contribution in [0.3, 0.4) is 0 Å². The van der Waals surface area contributed by atoms with Crippen LogP contribution >= 0.6 is 0 Å². The summed E-state index contributed by atoms with van der Waals surface area (Å²) in [6, 6.07) is 18.7. The molecule has 0 bridgehead atoms. The van der Waals surface area contributed by atoms with Crippen molar-refractivity contribution >= 4 is 22.6 Å². The van der Waals surface area contributed by atoms with E-state index in [2.05, 4.69) is 0 Å². The van der Waals surface area contributed by atoms with Gasteiger partial charge in [-0.2, -0.15) is 0 Å². The van der Waals surface area contributed by atoms with E-state index < -0.39 is 11.8 Å². The minimum absolute atomic E-state index is 0.162. The van der Waals surface area contributed by atoms with Gasteiger partial charge in [0.15, 0.2) is 0 Å². The van der Waals surface area contributed by atoms with Crippen molar-refractivity contribution in [3.05, 3.63) is 82.9 Å². The van der Waals surface area contributed by atoms with Gasteiger partial charge in [0.25, 0.3) is 11.8 Å². The zero-order chi connectivity index (χ0) is 16.7. The molecule has 0 aliphatic carbocycles. The molecule has 0 atom stereocenters. The minimum atomic E-state index is -0.419. The summed E-state index contributed by atoms with van der Waals surface area (Å²) in [4.78, 5) is 31.0. The molecular formula is C20H15NO3. The second kappa shape index (κ2) is 5.58. The average molecular weight is 317 g/mol. The van der Waals surface area contributed by atoms with E-state index in [1.807, 2.05) is 55.5 Å². The van der Waals surface area contributed by atoms with E-state index in [0.29, 0.717) is 16.5 Å². The summed E-state index contributed by atoms with van der Waals surface area (Å²) in [5.41, 5.74) is 2.87. The lowest BCUT2D eigenvalue weighted by molar-refractivity contribution is -0.104. The maximum absolute atomic E-state index is 12.8. The highest BCUT2D eigenvalue weighted by atomic mass is 16.7. The number of aryl methyl sites for hydroxylation is 1. The van der Waals surface area contributed by atoms with Crippen LogP contribution in [0.15, 0.2) is 60.7 Å². The molecule has 3 aromatic carbocycles. The first-order chi connectivity index (χ1) is 11.6. The average Bonchev–Trinajstić information content (AvgIpc) is 2.60. The largest absolute Gasteiger partial charge is 0.285 e. The Morgan fingerprint density at radius 2 is 1.62 bits per heavy atom. The van der Waals surface area contributed by atoms with Crippen molar-refractivity contribution in [3.63, 3.8) is 0 Å². The first-order valence-corrected chi connectivity index (χ1v) is 7.74. The molecule has 0 unspecified atom stereocenters. The van der Waals surface area contributed by atoms with Gasteiger partial charge in [-0.15, -0.1) is 5.06 Å². The van der Waals surface area contributed by atoms with E-state index in [1.54, 1.807) is 12.1 Å². The Bertz CT molecular complexity index is 963. The smallest absolute Gasteiger partial charge is 0.266 e. The highest BCUT2D eigenvalue weighted by Gasteiger charge is 2.34. The molecule has 118 valence electrons. The molecule has 0 fully saturated rings. The fourth-order valence-electron chi connectivity index (χ4n) is 3.07. The molecule has 1 aliphatic heterocycles. The van der Waals surface area contributed by atoms with Gasteiger partial charge < -0.3 is 0 Å². The van der Waals surface area contributed by atoms with E-state index in [9.17, 15) is 9.59 Å². The molecule has 4 nitrogen and oxygen atoms in total. The van der Waals surface area contributed by atoms with Gasteiger partial charge in [0.1, 0.15) is 6.61 Å². The number of benzene rings is 3. The molecule has 0 spiro atoms. The van der Waals surface area contributed by atoms with Crippen LogP contribution in [0.2, 0.25) is 0 Å². The minimum Gasteiger partial charge on any atom is -0.266 e. The van der Waals surface area contributed by atoms with E-state index >= 15 is 0 Å². The Kier molecular flexibility index (Phi) is 3.40. The molecule has 4 rings (SSSR count). The van der Waals surface area contributed by atoms with Crippen molar-refractivity contribution in [2.75, 3.05) is 0 Å². The Labute approximate surface area is 139 Å². The molecule has 24 heavy (non-hydrogen) atoms. The third kappa shape index (κ3) is 2.28. The molecule has 1 heterocycles. The van der Waals surface area contributed by atoms with Gasteiger partial charge in [0.2, 0.25) is 0 Å². The van der Waals surface area contributed by atoms with Crippen LogP contribution < -0.4 is 0 Å². The molecule has 0 aromatic heterocycles. The number of rotatable bonds is 3. The monoisotopic (exact) mass is 317 g/mol. The molecule has 3 aromatic rings. The number of carbonyl (C=O) groups is 2. The standard InChI is InChI=1S/C20H15NO3/c1-13-10-15-8-5-9-16-18(15)17(11-13)20(23)21(19(16)22)24-12-14-6-3-2-4-7-14/h2-11H,12H2,1H3. The summed E-state index contributed by atoms with van der Waals surface area (Å²) < 4.78 is 0. The zero-order valence-electron chi connectivity index (χ0n) is 13.2. The molecule has 1 aliphatic rings. The normalized spacial score (nSPS) is 13.6. The lowest BCUT2D eigenvalue weighted by Gasteiger charge is -2.26. The quantitative estimate of drug-likeness (QED) is 0.689. The van der Waals surface area contributed by atoms with Crippen molar-refractivity contribution < 1.29 is 14.4 Å². The number of hydrogen-bond donors (Lipinski definition) is 0. The van der Waals surface area contributed by atoms with Gasteiger partial charge in [-0.1, -0.05) is 48.5 Å². The summed E-state index contributed by atoms with van der Waals surface area (Å²) in [7, 11) is 0. The maximum Gasteiger partial charge on any atom is 0.285 e. The van der Waals surface area contributed by atoms with Gasteiger partial charge in [-0.3, -0.25) is 14.4 Å². The molecule has 0 N–H and O–H groups in total. The predicted octanol–water partition coefficient (Wildman–Crippen LogP) is 3.88. The highest BCUT2D eigenvalue weighted by Crippen LogP contribution is 2.31. The Morgan fingerprint density at radius 1 is 0.875 bits per heavy atom. The van der Waals surface area contributed by atoms with Crippen molar-refractivity contribution in [2.24, 2.45) is 0 Å². The second-order valence-electron chi connectivity index (χ2n) is 5.88. The number of hydrogen-bond acceptors (Lipinski definition) is 3. The fraction of sp³-hybridized carbons (Fsp3) is 0.100. The summed E-state index contributed by atoms with van der Waals surface area (Å²) in [5, 5.41) is 2.48. The highest BCUT2D eigenvalue weighted by molar-refractivity contribution is 6.24. The topological polar surface area (TPSA) is 46.6 Å². The first kappa shape index (κ1) is 14.6. The predicted molar refractivity (Wildman–Crippen MR) is 90.4 cm³/mol. The van der Waals surface area contributed by atoms with Crippen LogP contribution in [0.1, 0.15) is 31.8 Å². The number of carbonyl (C=O) groups excluding carboxylic acids is 2. The molecule has 0 saturated carbocycles. The number of amides is 2. The van der Waals surface area contributed by atoms with E-state index in [4.69, 9.17) is 4.84 Å². The van der Waals surface area contributed by atoms with Crippen LogP contribution in [0.25, 0.3) is 10.8 Å². The van der Waals surface area contributed by atoms with Crippen molar-refractivity contribution in [2.45, 2.75) is 13.5 Å². The number of imide groups is 1. The van der Waals surface area contributed by atoms with Crippen LogP contribution in [-0.2, 0) is 11.4 Å². The SMILES string of the molecule is Cc1cc2c3c(cccc3c1)C(=O)N(OCc1ccccc1)C2=O. The molecular weight excluding hydrogens is 302 g/mol. The summed E-state index contributed by atoms with van der Waals surface area (Å²) >= 11 is 0. The van der Waals surface area contributed by atoms with Gasteiger partial charge in [0.05, 0.1) is 11.1 Å². The maximum atomic E-state index is 12.8. The Morgan fingerprint density at radius 3 is 2.42 bits per heavy atom. The van der Waals surface area contributed by atoms with Gasteiger partial charge >= 0.3 is 0 Å². The van der Waals surface area contributed by atoms with Crippen LogP contribution in [-0.4, -0.2) is 16.9 Å². The van der Waals surface area contributed by atoms with Crippen LogP contribution in [0, 0.1) is 6.92 Å².